The monoisotopic (exact) mass is 534 g/mol. The average Bonchev–Trinajstić information content (AvgIpc) is 3.65. The number of rotatable bonds is 4. The first kappa shape index (κ1) is 25.9. The van der Waals surface area contributed by atoms with Gasteiger partial charge in [0.15, 0.2) is 28.9 Å². The molecule has 0 aromatic carbocycles. The maximum absolute atomic E-state index is 11.6. The van der Waals surface area contributed by atoms with Crippen molar-refractivity contribution in [1.29, 1.82) is 0 Å². The molecule has 6 rings (SSSR count). The molecule has 0 saturated carbocycles. The lowest BCUT2D eigenvalue weighted by molar-refractivity contribution is -0.0511. The van der Waals surface area contributed by atoms with Crippen molar-refractivity contribution in [3.8, 4) is 0 Å². The van der Waals surface area contributed by atoms with Crippen LogP contribution < -0.4 is 17.0 Å². The zero-order valence-corrected chi connectivity index (χ0v) is 19.6. The minimum absolute atomic E-state index is 0.0171. The van der Waals surface area contributed by atoms with Gasteiger partial charge in [-0.15, -0.1) is 0 Å². The second-order valence-electron chi connectivity index (χ2n) is 8.70. The second kappa shape index (κ2) is 10.2. The lowest BCUT2D eigenvalue weighted by atomic mass is 10.1. The van der Waals surface area contributed by atoms with E-state index in [4.69, 9.17) is 31.2 Å². The molecule has 0 bridgehead atoms. The van der Waals surface area contributed by atoms with E-state index >= 15 is 0 Å². The van der Waals surface area contributed by atoms with Gasteiger partial charge in [-0.2, -0.15) is 4.98 Å². The number of aromatic nitrogens is 8. The molecule has 0 spiro atoms. The number of nitrogens with one attached hydrogen (secondary N) is 1. The molecule has 0 amide bonds. The normalized spacial score (nSPS) is 29.1. The third kappa shape index (κ3) is 4.43. The van der Waals surface area contributed by atoms with Crippen LogP contribution in [0, 0.1) is 0 Å². The van der Waals surface area contributed by atoms with Gasteiger partial charge in [0.05, 0.1) is 32.0 Å². The summed E-state index contributed by atoms with van der Waals surface area (Å²) in [7, 11) is 0. The molecule has 0 radical (unpaired) electrons. The number of hydrogen-bond acceptors (Lipinski definition) is 15. The van der Waals surface area contributed by atoms with Crippen LogP contribution in [-0.2, 0) is 9.47 Å². The fourth-order valence-corrected chi connectivity index (χ4v) is 4.37. The summed E-state index contributed by atoms with van der Waals surface area (Å²) in [5.74, 6) is 0.201. The summed E-state index contributed by atoms with van der Waals surface area (Å²) in [6.07, 6.45) is -1.69. The number of nitrogen functional groups attached to an aromatic ring is 2. The Bertz CT molecular complexity index is 1490. The molecular weight excluding hydrogens is 508 g/mol. The summed E-state index contributed by atoms with van der Waals surface area (Å²) in [6, 6.07) is 0. The molecule has 4 aromatic rings. The first-order chi connectivity index (χ1) is 18.2. The van der Waals surface area contributed by atoms with Crippen LogP contribution in [0.3, 0.4) is 0 Å². The standard InChI is InChI=1S/2C10H13N5O4/c11-8-5-9(13-2-12-8)15(3-14-5)10-7(18)6(17)4(1-16)19-10;11-10-13-8-7(9(18)14-10)12-3-15(8)6-1-4(17)5(2-16)19-6/h2-4,6-7,10,16-18H,1H2,(H2,11,12,13);3-6,16-17H,1-2H2,(H3,11,13,14,18)/t4-,6-,7-,10-;4-,5+,6+/m10/s1. The number of imidazole rings is 2. The number of H-pyrrole nitrogens is 1. The lowest BCUT2D eigenvalue weighted by Crippen LogP contribution is -2.33. The maximum Gasteiger partial charge on any atom is 0.280 e. The summed E-state index contributed by atoms with van der Waals surface area (Å²) in [5.41, 5.74) is 11.9. The molecule has 2 fully saturated rings. The molecule has 0 aliphatic carbocycles. The minimum Gasteiger partial charge on any atom is -0.394 e. The van der Waals surface area contributed by atoms with E-state index in [1.165, 1.54) is 28.1 Å². The van der Waals surface area contributed by atoms with Gasteiger partial charge in [0.2, 0.25) is 5.95 Å². The summed E-state index contributed by atoms with van der Waals surface area (Å²) < 4.78 is 13.9. The molecule has 7 atom stereocenters. The van der Waals surface area contributed by atoms with Gasteiger partial charge in [0.1, 0.15) is 42.5 Å². The van der Waals surface area contributed by atoms with E-state index in [2.05, 4.69) is 29.9 Å². The van der Waals surface area contributed by atoms with Crippen molar-refractivity contribution in [3.05, 3.63) is 29.3 Å². The molecule has 10 N–H and O–H groups in total. The smallest absolute Gasteiger partial charge is 0.280 e. The third-order valence-electron chi connectivity index (χ3n) is 6.32. The van der Waals surface area contributed by atoms with Gasteiger partial charge in [-0.25, -0.2) is 19.9 Å². The van der Waals surface area contributed by atoms with Crippen LogP contribution >= 0.6 is 0 Å². The van der Waals surface area contributed by atoms with Gasteiger partial charge >= 0.3 is 0 Å². The molecule has 38 heavy (non-hydrogen) atoms. The van der Waals surface area contributed by atoms with Crippen molar-refractivity contribution in [2.45, 2.75) is 49.4 Å². The highest BCUT2D eigenvalue weighted by Gasteiger charge is 2.44. The number of nitrogens with zero attached hydrogens (tertiary/aromatic N) is 7. The third-order valence-corrected chi connectivity index (χ3v) is 6.32. The number of ether oxygens (including phenoxy) is 2. The number of aliphatic hydroxyl groups excluding tert-OH is 5. The van der Waals surface area contributed by atoms with Crippen molar-refractivity contribution in [2.24, 2.45) is 0 Å². The van der Waals surface area contributed by atoms with Crippen LogP contribution in [0.15, 0.2) is 23.8 Å². The van der Waals surface area contributed by atoms with Crippen LogP contribution in [0.2, 0.25) is 0 Å². The van der Waals surface area contributed by atoms with Crippen LogP contribution in [0.25, 0.3) is 22.3 Å². The summed E-state index contributed by atoms with van der Waals surface area (Å²) in [4.78, 5) is 33.8. The SMILES string of the molecule is Nc1nc2c(ncn2[C@H]2C[C@H](O)[C@@H](CO)O2)c(=O)[nH]1.Nc1ncnc2c1ncn2[C@@H]1O[C@H](CO)[C@@H](O)[C@H]1O. The van der Waals surface area contributed by atoms with Gasteiger partial charge in [0.25, 0.3) is 5.56 Å². The molecular formula is C20H26N10O8. The predicted molar refractivity (Wildman–Crippen MR) is 127 cm³/mol. The highest BCUT2D eigenvalue weighted by atomic mass is 16.6. The lowest BCUT2D eigenvalue weighted by Gasteiger charge is -2.16. The Balaban J connectivity index is 0.000000155. The Morgan fingerprint density at radius 2 is 1.63 bits per heavy atom. The number of hydrogen-bond donors (Lipinski definition) is 8. The van der Waals surface area contributed by atoms with E-state index in [1.54, 1.807) is 0 Å². The quantitative estimate of drug-likeness (QED) is 0.125. The summed E-state index contributed by atoms with van der Waals surface area (Å²) in [6.45, 7) is -0.668. The van der Waals surface area contributed by atoms with E-state index < -0.39 is 55.1 Å². The average molecular weight is 534 g/mol. The zero-order chi connectivity index (χ0) is 27.1. The van der Waals surface area contributed by atoms with Crippen molar-refractivity contribution in [1.82, 2.24) is 39.0 Å². The van der Waals surface area contributed by atoms with E-state index in [0.29, 0.717) is 11.2 Å². The Labute approximate surface area is 212 Å². The van der Waals surface area contributed by atoms with Crippen LogP contribution in [0.5, 0.6) is 0 Å². The number of fused-ring (bicyclic) bond motifs is 2. The van der Waals surface area contributed by atoms with E-state index in [9.17, 15) is 20.1 Å². The second-order valence-corrected chi connectivity index (χ2v) is 8.70. The van der Waals surface area contributed by atoms with Crippen LogP contribution in [-0.4, -0.2) is 108 Å². The Hall–Kier alpha value is -3.78. The van der Waals surface area contributed by atoms with Gasteiger partial charge in [0, 0.05) is 6.42 Å². The highest BCUT2D eigenvalue weighted by Crippen LogP contribution is 2.32. The Kier molecular flexibility index (Phi) is 6.92. The fourth-order valence-electron chi connectivity index (χ4n) is 4.37. The van der Waals surface area contributed by atoms with Gasteiger partial charge in [-0.05, 0) is 0 Å². The number of aliphatic hydroxyl groups is 5. The van der Waals surface area contributed by atoms with E-state index in [1.807, 2.05) is 0 Å². The van der Waals surface area contributed by atoms with Gasteiger partial charge in [-0.1, -0.05) is 0 Å². The molecule has 4 aromatic heterocycles. The molecule has 18 heteroatoms. The predicted octanol–water partition coefficient (Wildman–Crippen LogP) is -3.64. The zero-order valence-electron chi connectivity index (χ0n) is 19.6. The van der Waals surface area contributed by atoms with Gasteiger partial charge in [-0.3, -0.25) is 18.9 Å². The fraction of sp³-hybridized carbons (Fsp3) is 0.500. The Morgan fingerprint density at radius 1 is 0.921 bits per heavy atom. The van der Waals surface area contributed by atoms with Crippen LogP contribution in [0.1, 0.15) is 18.9 Å². The molecule has 2 saturated heterocycles. The molecule has 0 unspecified atom stereocenters. The van der Waals surface area contributed by atoms with Gasteiger partial charge < -0.3 is 46.5 Å². The Morgan fingerprint density at radius 3 is 2.32 bits per heavy atom. The van der Waals surface area contributed by atoms with E-state index in [0.717, 1.165) is 0 Å². The molecule has 6 heterocycles. The van der Waals surface area contributed by atoms with Crippen molar-refractivity contribution < 1.29 is 35.0 Å². The summed E-state index contributed by atoms with van der Waals surface area (Å²) in [5, 5.41) is 47.5. The maximum atomic E-state index is 11.6. The van der Waals surface area contributed by atoms with Crippen molar-refractivity contribution in [3.63, 3.8) is 0 Å². The number of nitrogens with two attached hydrogens (primary N) is 2. The molecule has 204 valence electrons. The molecule has 2 aliphatic heterocycles. The minimum atomic E-state index is -1.19. The number of anilines is 2. The van der Waals surface area contributed by atoms with Crippen LogP contribution in [0.4, 0.5) is 11.8 Å². The molecule has 18 nitrogen and oxygen atoms in total. The summed E-state index contributed by atoms with van der Waals surface area (Å²) >= 11 is 0. The topological polar surface area (TPSA) is 279 Å². The first-order valence-electron chi connectivity index (χ1n) is 11.5. The molecule has 2 aliphatic rings. The van der Waals surface area contributed by atoms with Crippen molar-refractivity contribution in [2.75, 3.05) is 24.7 Å². The first-order valence-corrected chi connectivity index (χ1v) is 11.5. The van der Waals surface area contributed by atoms with E-state index in [-0.39, 0.29) is 36.0 Å². The largest absolute Gasteiger partial charge is 0.394 e. The highest BCUT2D eigenvalue weighted by molar-refractivity contribution is 5.81. The van der Waals surface area contributed by atoms with Crippen molar-refractivity contribution >= 4 is 34.1 Å². The number of aromatic amines is 1.